The van der Waals surface area contributed by atoms with Crippen LogP contribution in [0.25, 0.3) is 0 Å². The molecule has 0 aromatic heterocycles. The van der Waals surface area contributed by atoms with Gasteiger partial charge in [-0.1, -0.05) is 0 Å². The Morgan fingerprint density at radius 1 is 1.27 bits per heavy atom. The molecule has 2 rings (SSSR count). The van der Waals surface area contributed by atoms with Crippen LogP contribution in [0.4, 0.5) is 0 Å². The molecule has 0 N–H and O–H groups in total. The SMILES string of the molecule is O=C(CCS)N1CCCN2CCCC2C1. The highest BCUT2D eigenvalue weighted by atomic mass is 32.1. The fourth-order valence-corrected chi connectivity index (χ4v) is 2.88. The molecule has 0 spiro atoms. The third-order valence-corrected chi connectivity index (χ3v) is 3.71. The van der Waals surface area contributed by atoms with Crippen LogP contribution in [0.3, 0.4) is 0 Å². The minimum absolute atomic E-state index is 0.291. The minimum atomic E-state index is 0.291. The topological polar surface area (TPSA) is 23.6 Å². The van der Waals surface area contributed by atoms with Crippen molar-refractivity contribution in [2.75, 3.05) is 31.9 Å². The van der Waals surface area contributed by atoms with Crippen molar-refractivity contribution >= 4 is 18.5 Å². The number of thiol groups is 1. The van der Waals surface area contributed by atoms with Crippen LogP contribution in [0.15, 0.2) is 0 Å². The van der Waals surface area contributed by atoms with Gasteiger partial charge in [-0.3, -0.25) is 9.69 Å². The van der Waals surface area contributed by atoms with Crippen molar-refractivity contribution in [2.24, 2.45) is 0 Å². The average Bonchev–Trinajstić information content (AvgIpc) is 2.56. The lowest BCUT2D eigenvalue weighted by Gasteiger charge is -2.25. The molecule has 0 saturated carbocycles. The summed E-state index contributed by atoms with van der Waals surface area (Å²) in [5, 5.41) is 0. The molecule has 86 valence electrons. The zero-order valence-electron chi connectivity index (χ0n) is 9.19. The molecule has 1 unspecified atom stereocenters. The van der Waals surface area contributed by atoms with Gasteiger partial charge >= 0.3 is 0 Å². The number of carbonyl (C=O) groups excluding carboxylic acids is 1. The second kappa shape index (κ2) is 5.21. The van der Waals surface area contributed by atoms with Crippen LogP contribution in [-0.2, 0) is 4.79 Å². The van der Waals surface area contributed by atoms with Crippen molar-refractivity contribution in [1.29, 1.82) is 0 Å². The van der Waals surface area contributed by atoms with Crippen LogP contribution in [-0.4, -0.2) is 53.7 Å². The lowest BCUT2D eigenvalue weighted by molar-refractivity contribution is -0.131. The van der Waals surface area contributed by atoms with Gasteiger partial charge in [0.15, 0.2) is 0 Å². The Bertz CT molecular complexity index is 235. The molecule has 0 bridgehead atoms. The molecule has 0 aromatic carbocycles. The van der Waals surface area contributed by atoms with Crippen LogP contribution < -0.4 is 0 Å². The first-order valence-corrected chi connectivity index (χ1v) is 6.57. The normalized spacial score (nSPS) is 27.5. The largest absolute Gasteiger partial charge is 0.341 e. The average molecular weight is 228 g/mol. The highest BCUT2D eigenvalue weighted by Crippen LogP contribution is 2.21. The van der Waals surface area contributed by atoms with E-state index in [1.807, 2.05) is 4.90 Å². The van der Waals surface area contributed by atoms with E-state index in [2.05, 4.69) is 17.5 Å². The Kier molecular flexibility index (Phi) is 3.92. The van der Waals surface area contributed by atoms with Crippen molar-refractivity contribution in [2.45, 2.75) is 31.7 Å². The highest BCUT2D eigenvalue weighted by molar-refractivity contribution is 7.80. The fraction of sp³-hybridized carbons (Fsp3) is 0.909. The zero-order chi connectivity index (χ0) is 10.7. The number of nitrogens with zero attached hydrogens (tertiary/aromatic N) is 2. The molecule has 15 heavy (non-hydrogen) atoms. The third kappa shape index (κ3) is 2.67. The molecule has 4 heteroatoms. The van der Waals surface area contributed by atoms with Gasteiger partial charge in [-0.2, -0.15) is 12.6 Å². The van der Waals surface area contributed by atoms with Gasteiger partial charge in [-0.25, -0.2) is 0 Å². The Morgan fingerprint density at radius 2 is 2.07 bits per heavy atom. The van der Waals surface area contributed by atoms with E-state index in [-0.39, 0.29) is 0 Å². The molecule has 0 aromatic rings. The molecule has 1 atom stereocenters. The van der Waals surface area contributed by atoms with Crippen LogP contribution in [0.1, 0.15) is 25.7 Å². The van der Waals surface area contributed by atoms with Gasteiger partial charge in [0.05, 0.1) is 0 Å². The van der Waals surface area contributed by atoms with Crippen molar-refractivity contribution in [1.82, 2.24) is 9.80 Å². The Balaban J connectivity index is 1.93. The van der Waals surface area contributed by atoms with E-state index in [1.165, 1.54) is 25.9 Å². The number of fused-ring (bicyclic) bond motifs is 1. The maximum atomic E-state index is 11.8. The predicted octanol–water partition coefficient (Wildman–Crippen LogP) is 1.00. The van der Waals surface area contributed by atoms with Crippen LogP contribution in [0.2, 0.25) is 0 Å². The molecular weight excluding hydrogens is 208 g/mol. The molecule has 2 heterocycles. The van der Waals surface area contributed by atoms with Crippen molar-refractivity contribution in [3.05, 3.63) is 0 Å². The molecule has 2 saturated heterocycles. The number of rotatable bonds is 2. The Morgan fingerprint density at radius 3 is 2.87 bits per heavy atom. The maximum Gasteiger partial charge on any atom is 0.223 e. The summed E-state index contributed by atoms with van der Waals surface area (Å²) in [5.41, 5.74) is 0. The molecule has 2 aliphatic heterocycles. The molecule has 1 amide bonds. The van der Waals surface area contributed by atoms with Gasteiger partial charge in [-0.15, -0.1) is 0 Å². The summed E-state index contributed by atoms with van der Waals surface area (Å²) >= 11 is 4.12. The van der Waals surface area contributed by atoms with Gasteiger partial charge in [-0.05, 0) is 31.6 Å². The summed E-state index contributed by atoms with van der Waals surface area (Å²) in [6, 6.07) is 0.636. The molecular formula is C11H20N2OS. The first-order valence-electron chi connectivity index (χ1n) is 5.94. The monoisotopic (exact) mass is 228 g/mol. The van der Waals surface area contributed by atoms with E-state index in [0.717, 1.165) is 19.5 Å². The van der Waals surface area contributed by atoms with E-state index in [9.17, 15) is 4.79 Å². The predicted molar refractivity (Wildman–Crippen MR) is 64.3 cm³/mol. The van der Waals surface area contributed by atoms with E-state index >= 15 is 0 Å². The summed E-state index contributed by atoms with van der Waals surface area (Å²) in [4.78, 5) is 16.4. The van der Waals surface area contributed by atoms with Crippen molar-refractivity contribution in [3.63, 3.8) is 0 Å². The van der Waals surface area contributed by atoms with E-state index in [1.54, 1.807) is 0 Å². The van der Waals surface area contributed by atoms with Crippen molar-refractivity contribution in [3.8, 4) is 0 Å². The van der Waals surface area contributed by atoms with Crippen LogP contribution in [0.5, 0.6) is 0 Å². The van der Waals surface area contributed by atoms with E-state index in [4.69, 9.17) is 0 Å². The lowest BCUT2D eigenvalue weighted by atomic mass is 10.2. The summed E-state index contributed by atoms with van der Waals surface area (Å²) in [5.74, 6) is 0.961. The second-order valence-corrected chi connectivity index (χ2v) is 4.95. The molecule has 2 aliphatic rings. The maximum absolute atomic E-state index is 11.8. The Hall–Kier alpha value is -0.220. The first-order chi connectivity index (χ1) is 7.31. The zero-order valence-corrected chi connectivity index (χ0v) is 10.1. The summed E-state index contributed by atoms with van der Waals surface area (Å²) in [7, 11) is 0. The molecule has 2 fully saturated rings. The van der Waals surface area contributed by atoms with Crippen molar-refractivity contribution < 1.29 is 4.79 Å². The first kappa shape index (κ1) is 11.3. The highest BCUT2D eigenvalue weighted by Gasteiger charge is 2.29. The number of carbonyl (C=O) groups is 1. The van der Waals surface area contributed by atoms with Crippen LogP contribution in [0, 0.1) is 0 Å². The Labute approximate surface area is 97.2 Å². The minimum Gasteiger partial charge on any atom is -0.341 e. The summed E-state index contributed by atoms with van der Waals surface area (Å²) in [6.45, 7) is 4.31. The lowest BCUT2D eigenvalue weighted by Crippen LogP contribution is -2.39. The summed E-state index contributed by atoms with van der Waals surface area (Å²) in [6.07, 6.45) is 4.30. The van der Waals surface area contributed by atoms with Crippen LogP contribution >= 0.6 is 12.6 Å². The van der Waals surface area contributed by atoms with Gasteiger partial charge in [0.25, 0.3) is 0 Å². The summed E-state index contributed by atoms with van der Waals surface area (Å²) < 4.78 is 0. The van der Waals surface area contributed by atoms with Gasteiger partial charge < -0.3 is 4.90 Å². The van der Waals surface area contributed by atoms with E-state index in [0.29, 0.717) is 24.1 Å². The molecule has 0 radical (unpaired) electrons. The van der Waals surface area contributed by atoms with Gasteiger partial charge in [0, 0.05) is 32.1 Å². The number of hydrogen-bond acceptors (Lipinski definition) is 3. The smallest absolute Gasteiger partial charge is 0.223 e. The third-order valence-electron chi connectivity index (χ3n) is 3.48. The molecule has 0 aliphatic carbocycles. The quantitative estimate of drug-likeness (QED) is 0.713. The van der Waals surface area contributed by atoms with Gasteiger partial charge in [0.1, 0.15) is 0 Å². The second-order valence-electron chi connectivity index (χ2n) is 4.50. The molecule has 3 nitrogen and oxygen atoms in total. The standard InChI is InChI=1S/C11H20N2OS/c14-11(4-8-15)13-7-2-6-12-5-1-3-10(12)9-13/h10,15H,1-9H2. The fourth-order valence-electron chi connectivity index (χ4n) is 2.69. The van der Waals surface area contributed by atoms with E-state index < -0.39 is 0 Å². The van der Waals surface area contributed by atoms with Gasteiger partial charge in [0.2, 0.25) is 5.91 Å². The number of hydrogen-bond donors (Lipinski definition) is 1. The number of amides is 1.